The molecule has 0 heterocycles. The first-order valence-electron chi connectivity index (χ1n) is 8.15. The Balaban J connectivity index is 2.10. The number of fused-ring (bicyclic) bond motifs is 1. The molecule has 5 nitrogen and oxygen atoms in total. The van der Waals surface area contributed by atoms with Gasteiger partial charge in [0.25, 0.3) is 5.91 Å². The highest BCUT2D eigenvalue weighted by Gasteiger charge is 2.29. The first-order chi connectivity index (χ1) is 12.7. The van der Waals surface area contributed by atoms with Gasteiger partial charge in [0.05, 0.1) is 14.2 Å². The van der Waals surface area contributed by atoms with Crippen molar-refractivity contribution >= 4 is 22.6 Å². The number of hydrogen-bond acceptors (Lipinski definition) is 4. The van der Waals surface area contributed by atoms with Gasteiger partial charge in [0.15, 0.2) is 6.04 Å². The van der Waals surface area contributed by atoms with Gasteiger partial charge in [0.1, 0.15) is 5.75 Å². The smallest absolute Gasteiger partial charge is 0.333 e. The highest BCUT2D eigenvalue weighted by molar-refractivity contribution is 5.99. The molecule has 0 fully saturated rings. The van der Waals surface area contributed by atoms with Crippen LogP contribution in [0.2, 0.25) is 0 Å². The third-order valence-electron chi connectivity index (χ3n) is 4.19. The Bertz CT molecular complexity index is 937. The van der Waals surface area contributed by atoms with E-state index in [1.807, 2.05) is 36.4 Å². The number of nitrogens with one attached hydrogen (secondary N) is 1. The predicted molar refractivity (Wildman–Crippen MR) is 99.2 cm³/mol. The number of esters is 1. The van der Waals surface area contributed by atoms with Crippen LogP contribution in [0, 0.1) is 0 Å². The van der Waals surface area contributed by atoms with Gasteiger partial charge in [-0.05, 0) is 29.0 Å². The largest absolute Gasteiger partial charge is 0.496 e. The van der Waals surface area contributed by atoms with E-state index in [-0.39, 0.29) is 5.91 Å². The second-order valence-corrected chi connectivity index (χ2v) is 5.70. The Kier molecular flexibility index (Phi) is 5.17. The molecule has 0 spiro atoms. The van der Waals surface area contributed by atoms with Gasteiger partial charge in [0.2, 0.25) is 0 Å². The maximum absolute atomic E-state index is 12.6. The van der Waals surface area contributed by atoms with Gasteiger partial charge in [-0.2, -0.15) is 0 Å². The summed E-state index contributed by atoms with van der Waals surface area (Å²) in [6.45, 7) is 0. The fraction of sp³-hybridized carbons (Fsp3) is 0.143. The Hall–Kier alpha value is -3.34. The van der Waals surface area contributed by atoms with Crippen LogP contribution in [0.25, 0.3) is 10.8 Å². The number of hydrogen-bond donors (Lipinski definition) is 1. The van der Waals surface area contributed by atoms with E-state index in [1.54, 1.807) is 30.3 Å². The van der Waals surface area contributed by atoms with Crippen LogP contribution in [0.1, 0.15) is 22.0 Å². The first kappa shape index (κ1) is 17.5. The molecule has 0 aliphatic carbocycles. The Labute approximate surface area is 151 Å². The molecule has 26 heavy (non-hydrogen) atoms. The van der Waals surface area contributed by atoms with E-state index in [1.165, 1.54) is 14.2 Å². The lowest BCUT2D eigenvalue weighted by Gasteiger charge is -2.21. The highest BCUT2D eigenvalue weighted by Crippen LogP contribution is 2.34. The van der Waals surface area contributed by atoms with E-state index >= 15 is 0 Å². The van der Waals surface area contributed by atoms with Crippen molar-refractivity contribution in [2.75, 3.05) is 14.2 Å². The van der Waals surface area contributed by atoms with Gasteiger partial charge in [0, 0.05) is 11.1 Å². The van der Waals surface area contributed by atoms with E-state index in [2.05, 4.69) is 5.32 Å². The second kappa shape index (κ2) is 7.70. The van der Waals surface area contributed by atoms with Gasteiger partial charge >= 0.3 is 5.97 Å². The molecule has 3 aromatic rings. The molecule has 1 unspecified atom stereocenters. The van der Waals surface area contributed by atoms with Crippen LogP contribution in [0.3, 0.4) is 0 Å². The average Bonchev–Trinajstić information content (AvgIpc) is 2.71. The number of carbonyl (C=O) groups is 2. The summed E-state index contributed by atoms with van der Waals surface area (Å²) in [6.07, 6.45) is 0. The van der Waals surface area contributed by atoms with Crippen molar-refractivity contribution in [1.29, 1.82) is 0 Å². The minimum Gasteiger partial charge on any atom is -0.496 e. The third-order valence-corrected chi connectivity index (χ3v) is 4.19. The zero-order valence-electron chi connectivity index (χ0n) is 14.6. The normalized spacial score (nSPS) is 11.6. The molecule has 3 aromatic carbocycles. The standard InChI is InChI=1S/C21H19NO4/c1-25-17-13-12-14-8-6-7-11-16(14)18(17)19(21(24)26-2)22-20(23)15-9-4-3-5-10-15/h3-13,19H,1-2H3,(H,22,23). The van der Waals surface area contributed by atoms with Gasteiger partial charge < -0.3 is 14.8 Å². The zero-order chi connectivity index (χ0) is 18.5. The lowest BCUT2D eigenvalue weighted by molar-refractivity contribution is -0.143. The van der Waals surface area contributed by atoms with E-state index in [9.17, 15) is 9.59 Å². The number of rotatable bonds is 5. The minimum absolute atomic E-state index is 0.365. The van der Waals surface area contributed by atoms with Crippen LogP contribution >= 0.6 is 0 Å². The van der Waals surface area contributed by atoms with E-state index < -0.39 is 12.0 Å². The molecule has 1 N–H and O–H groups in total. The summed E-state index contributed by atoms with van der Waals surface area (Å²) >= 11 is 0. The van der Waals surface area contributed by atoms with Crippen molar-refractivity contribution in [3.8, 4) is 5.75 Å². The molecular formula is C21H19NO4. The van der Waals surface area contributed by atoms with Crippen molar-refractivity contribution in [3.05, 3.63) is 77.9 Å². The highest BCUT2D eigenvalue weighted by atomic mass is 16.5. The molecule has 1 amide bonds. The summed E-state index contributed by atoms with van der Waals surface area (Å²) in [5.41, 5.74) is 1.03. The predicted octanol–water partition coefficient (Wildman–Crippen LogP) is 3.49. The Morgan fingerprint density at radius 1 is 0.885 bits per heavy atom. The van der Waals surface area contributed by atoms with Crippen molar-refractivity contribution in [2.24, 2.45) is 0 Å². The number of benzene rings is 3. The third kappa shape index (κ3) is 3.37. The topological polar surface area (TPSA) is 64.6 Å². The molecule has 0 aromatic heterocycles. The summed E-state index contributed by atoms with van der Waals surface area (Å²) < 4.78 is 10.4. The number of ether oxygens (including phenoxy) is 2. The molecule has 0 aliphatic rings. The van der Waals surface area contributed by atoms with Crippen molar-refractivity contribution < 1.29 is 19.1 Å². The van der Waals surface area contributed by atoms with Crippen molar-refractivity contribution in [2.45, 2.75) is 6.04 Å². The maximum atomic E-state index is 12.6. The summed E-state index contributed by atoms with van der Waals surface area (Å²) in [5.74, 6) is -0.424. The molecule has 0 bridgehead atoms. The number of amides is 1. The molecule has 132 valence electrons. The second-order valence-electron chi connectivity index (χ2n) is 5.70. The van der Waals surface area contributed by atoms with Crippen LogP contribution in [0.5, 0.6) is 5.75 Å². The van der Waals surface area contributed by atoms with Gasteiger partial charge in [-0.15, -0.1) is 0 Å². The van der Waals surface area contributed by atoms with E-state index in [0.29, 0.717) is 16.9 Å². The number of carbonyl (C=O) groups excluding carboxylic acids is 2. The SMILES string of the molecule is COC(=O)C(NC(=O)c1ccccc1)c1c(OC)ccc2ccccc12. The van der Waals surface area contributed by atoms with Gasteiger partial charge in [-0.3, -0.25) is 4.79 Å². The quantitative estimate of drug-likeness (QED) is 0.716. The molecule has 3 rings (SSSR count). The molecule has 0 aliphatic heterocycles. The lowest BCUT2D eigenvalue weighted by atomic mass is 9.97. The zero-order valence-corrected chi connectivity index (χ0v) is 14.6. The molecule has 5 heteroatoms. The monoisotopic (exact) mass is 349 g/mol. The molecular weight excluding hydrogens is 330 g/mol. The van der Waals surface area contributed by atoms with Gasteiger partial charge in [-0.1, -0.05) is 48.5 Å². The summed E-state index contributed by atoms with van der Waals surface area (Å²) in [4.78, 5) is 25.1. The summed E-state index contributed by atoms with van der Waals surface area (Å²) in [5, 5.41) is 4.53. The summed E-state index contributed by atoms with van der Waals surface area (Å²) in [7, 11) is 2.82. The van der Waals surface area contributed by atoms with Crippen LogP contribution in [-0.2, 0) is 9.53 Å². The Morgan fingerprint density at radius 3 is 2.27 bits per heavy atom. The molecule has 0 radical (unpaired) electrons. The molecule has 1 atom stereocenters. The van der Waals surface area contributed by atoms with E-state index in [0.717, 1.165) is 10.8 Å². The minimum atomic E-state index is -0.992. The lowest BCUT2D eigenvalue weighted by Crippen LogP contribution is -2.35. The van der Waals surface area contributed by atoms with Crippen LogP contribution < -0.4 is 10.1 Å². The van der Waals surface area contributed by atoms with Crippen molar-refractivity contribution in [1.82, 2.24) is 5.32 Å². The fourth-order valence-electron chi connectivity index (χ4n) is 2.92. The molecule has 0 saturated heterocycles. The van der Waals surface area contributed by atoms with Crippen LogP contribution in [0.4, 0.5) is 0 Å². The Morgan fingerprint density at radius 2 is 1.58 bits per heavy atom. The van der Waals surface area contributed by atoms with Crippen molar-refractivity contribution in [3.63, 3.8) is 0 Å². The van der Waals surface area contributed by atoms with Crippen LogP contribution in [-0.4, -0.2) is 26.1 Å². The first-order valence-corrected chi connectivity index (χ1v) is 8.15. The molecule has 0 saturated carbocycles. The van der Waals surface area contributed by atoms with Gasteiger partial charge in [-0.25, -0.2) is 4.79 Å². The number of methoxy groups -OCH3 is 2. The van der Waals surface area contributed by atoms with E-state index in [4.69, 9.17) is 9.47 Å². The van der Waals surface area contributed by atoms with Crippen LogP contribution in [0.15, 0.2) is 66.7 Å². The summed E-state index contributed by atoms with van der Waals surface area (Å²) in [6, 6.07) is 19.0. The average molecular weight is 349 g/mol. The fourth-order valence-corrected chi connectivity index (χ4v) is 2.92. The maximum Gasteiger partial charge on any atom is 0.333 e.